The third kappa shape index (κ3) is 7.64. The van der Waals surface area contributed by atoms with Gasteiger partial charge in [0, 0.05) is 85.1 Å². The number of hydrogen-bond donors (Lipinski definition) is 2. The van der Waals surface area contributed by atoms with Gasteiger partial charge in [-0.05, 0) is 124 Å². The number of aliphatic imine (C=N–C) groups is 1. The van der Waals surface area contributed by atoms with Gasteiger partial charge in [-0.1, -0.05) is 30.3 Å². The van der Waals surface area contributed by atoms with Crippen LogP contribution in [0.15, 0.2) is 83.9 Å². The average Bonchev–Trinajstić information content (AvgIpc) is 3.78. The number of aryl methyl sites for hydroxylation is 3. The number of β-amino-alcohol motifs (C(OH)–C–C–N with tert-alkyl or cyclic N) is 1. The van der Waals surface area contributed by atoms with Crippen LogP contribution in [-0.2, 0) is 6.42 Å². The van der Waals surface area contributed by atoms with Gasteiger partial charge in [0.15, 0.2) is 5.82 Å². The number of piperazine rings is 1. The molecule has 2 fully saturated rings. The number of phenolic OH excluding ortho intramolecular Hbond substituents is 1. The largest absolute Gasteiger partial charge is 0.508 e. The number of hydrogen-bond acceptors (Lipinski definition) is 10. The Labute approximate surface area is 377 Å². The van der Waals surface area contributed by atoms with Crippen LogP contribution in [0.2, 0.25) is 0 Å². The molecule has 4 aromatic carbocycles. The maximum absolute atomic E-state index is 16.5. The van der Waals surface area contributed by atoms with E-state index in [0.717, 1.165) is 87.4 Å². The first-order valence-corrected chi connectivity index (χ1v) is 23.3. The third-order valence-electron chi connectivity index (χ3n) is 14.3. The first kappa shape index (κ1) is 42.3. The molecule has 0 unspecified atom stereocenters. The highest BCUT2D eigenvalue weighted by Crippen LogP contribution is 2.50. The Balaban J connectivity index is 0.792. The summed E-state index contributed by atoms with van der Waals surface area (Å²) in [6.45, 7) is 13.1. The van der Waals surface area contributed by atoms with E-state index in [4.69, 9.17) is 9.73 Å². The molecule has 64 heavy (non-hydrogen) atoms. The molecule has 2 N–H and O–H groups in total. The maximum Gasteiger partial charge on any atom is 0.162 e. The third-order valence-corrected chi connectivity index (χ3v) is 15.5. The van der Waals surface area contributed by atoms with E-state index in [-0.39, 0.29) is 35.3 Å². The van der Waals surface area contributed by atoms with Gasteiger partial charge in [0.25, 0.3) is 0 Å². The molecule has 0 radical (unpaired) electrons. The molecule has 3 atom stereocenters. The van der Waals surface area contributed by atoms with Crippen molar-refractivity contribution in [2.75, 3.05) is 62.7 Å². The molecule has 0 saturated carbocycles. The lowest BCUT2D eigenvalue weighted by atomic mass is 9.69. The molecular formula is C51H55F2N7O3S. The summed E-state index contributed by atoms with van der Waals surface area (Å²) < 4.78 is 38.6. The molecule has 2 aromatic heterocycles. The maximum atomic E-state index is 16.5. The van der Waals surface area contributed by atoms with Crippen LogP contribution in [0.5, 0.6) is 11.5 Å². The van der Waals surface area contributed by atoms with Crippen molar-refractivity contribution in [3.8, 4) is 16.5 Å². The van der Waals surface area contributed by atoms with Crippen LogP contribution < -0.4 is 14.5 Å². The number of piperidine rings is 1. The number of anilines is 2. The van der Waals surface area contributed by atoms with Crippen molar-refractivity contribution in [1.82, 2.24) is 19.7 Å². The second kappa shape index (κ2) is 16.7. The molecule has 6 aromatic rings. The van der Waals surface area contributed by atoms with Gasteiger partial charge in [0.1, 0.15) is 40.0 Å². The highest BCUT2D eigenvalue weighted by Gasteiger charge is 2.38. The summed E-state index contributed by atoms with van der Waals surface area (Å²) in [4.78, 5) is 13.2. The molecule has 4 aliphatic rings. The molecule has 10 rings (SSSR count). The highest BCUT2D eigenvalue weighted by atomic mass is 32.1. The molecule has 0 amide bonds. The van der Waals surface area contributed by atoms with E-state index in [1.54, 1.807) is 36.6 Å². The monoisotopic (exact) mass is 883 g/mol. The minimum Gasteiger partial charge on any atom is -0.508 e. The summed E-state index contributed by atoms with van der Waals surface area (Å²) in [7, 11) is 1.62. The number of rotatable bonds is 8. The molecule has 10 nitrogen and oxygen atoms in total. The van der Waals surface area contributed by atoms with Crippen LogP contribution in [0.1, 0.15) is 99.5 Å². The Morgan fingerprint density at radius 1 is 0.844 bits per heavy atom. The Morgan fingerprint density at radius 3 is 2.30 bits per heavy atom. The number of halogens is 2. The number of aromatic hydroxyl groups is 1. The number of benzene rings is 4. The summed E-state index contributed by atoms with van der Waals surface area (Å²) in [6.07, 6.45) is 2.82. The van der Waals surface area contributed by atoms with E-state index in [0.29, 0.717) is 57.0 Å². The van der Waals surface area contributed by atoms with E-state index >= 15 is 4.39 Å². The number of methoxy groups -OCH3 is 1. The van der Waals surface area contributed by atoms with Gasteiger partial charge in [-0.15, -0.1) is 21.5 Å². The summed E-state index contributed by atoms with van der Waals surface area (Å²) in [5.41, 5.74) is 9.02. The van der Waals surface area contributed by atoms with Crippen molar-refractivity contribution >= 4 is 28.4 Å². The molecule has 1 aliphatic carbocycles. The SMILES string of the molecule is COc1cc(N2CCN(CC3(O)CCN(c4ccc(C5=N[C@@H](C)c6nnc(C)n6-c6sc(C)c(C)c65)cc4)CC3)CC2)c(F)cc1[C@H]1c2ccc(O)cc2CC[C@H]1c1ccc(F)cc1. The van der Waals surface area contributed by atoms with Gasteiger partial charge in [-0.2, -0.15) is 0 Å². The van der Waals surface area contributed by atoms with Crippen LogP contribution in [0.4, 0.5) is 20.2 Å². The zero-order valence-electron chi connectivity index (χ0n) is 37.1. The molecule has 2 saturated heterocycles. The van der Waals surface area contributed by atoms with Crippen molar-refractivity contribution in [2.24, 2.45) is 4.99 Å². The Morgan fingerprint density at radius 2 is 1.58 bits per heavy atom. The minimum absolute atomic E-state index is 0.0334. The number of nitrogens with zero attached hydrogens (tertiary/aromatic N) is 7. The summed E-state index contributed by atoms with van der Waals surface area (Å²) in [5, 5.41) is 32.2. The van der Waals surface area contributed by atoms with E-state index in [1.165, 1.54) is 22.6 Å². The first-order chi connectivity index (χ1) is 30.9. The van der Waals surface area contributed by atoms with E-state index in [2.05, 4.69) is 74.5 Å². The van der Waals surface area contributed by atoms with Crippen molar-refractivity contribution < 1.29 is 23.7 Å². The fourth-order valence-corrected chi connectivity index (χ4v) is 11.9. The van der Waals surface area contributed by atoms with Crippen molar-refractivity contribution in [2.45, 2.75) is 76.9 Å². The van der Waals surface area contributed by atoms with Crippen LogP contribution in [0, 0.1) is 32.4 Å². The lowest BCUT2D eigenvalue weighted by Crippen LogP contribution is -2.55. The lowest BCUT2D eigenvalue weighted by Gasteiger charge is -2.44. The zero-order valence-corrected chi connectivity index (χ0v) is 37.9. The smallest absolute Gasteiger partial charge is 0.162 e. The molecule has 0 spiro atoms. The number of thiophene rings is 1. The first-order valence-electron chi connectivity index (χ1n) is 22.5. The van der Waals surface area contributed by atoms with E-state index in [1.807, 2.05) is 31.2 Å². The fraction of sp³-hybridized carbons (Fsp3) is 0.392. The molecule has 332 valence electrons. The van der Waals surface area contributed by atoms with Gasteiger partial charge < -0.3 is 24.7 Å². The Kier molecular flexibility index (Phi) is 11.1. The van der Waals surface area contributed by atoms with E-state index < -0.39 is 5.60 Å². The molecule has 3 aliphatic heterocycles. The summed E-state index contributed by atoms with van der Waals surface area (Å²) in [5.74, 6) is 1.64. The number of fused-ring (bicyclic) bond motifs is 4. The van der Waals surface area contributed by atoms with Crippen LogP contribution in [0.25, 0.3) is 5.00 Å². The molecular weight excluding hydrogens is 829 g/mol. The fourth-order valence-electron chi connectivity index (χ4n) is 10.7. The lowest BCUT2D eigenvalue weighted by molar-refractivity contribution is -0.0173. The number of phenols is 1. The molecule has 0 bridgehead atoms. The predicted octanol–water partition coefficient (Wildman–Crippen LogP) is 9.17. The van der Waals surface area contributed by atoms with E-state index in [9.17, 15) is 14.6 Å². The normalized spacial score (nSPS) is 20.9. The average molecular weight is 884 g/mol. The highest BCUT2D eigenvalue weighted by molar-refractivity contribution is 7.15. The standard InChI is InChI=1S/C51H55F2N7O3S/c1-30-32(3)64-50-46(30)48(54-31(2)49-56-55-33(4)60(49)50)35-8-13-38(14-9-35)58-20-18-51(62,19-21-58)29-57-22-24-59(25-23-57)44-28-45(63-5)42(27-43(44)53)47-40(34-6-11-37(52)12-7-34)16-10-36-26-39(61)15-17-41(36)47/h6-9,11-15,17,26-28,31,40,47,61-62H,10,16,18-25,29H2,1-5H3/t31-,40-,47+/m0/s1. The quantitative estimate of drug-likeness (QED) is 0.156. The van der Waals surface area contributed by atoms with Crippen LogP contribution >= 0.6 is 11.3 Å². The Bertz CT molecular complexity index is 2730. The predicted molar refractivity (Wildman–Crippen MR) is 249 cm³/mol. The van der Waals surface area contributed by atoms with Crippen LogP contribution in [0.3, 0.4) is 0 Å². The Hall–Kier alpha value is -5.63. The second-order valence-electron chi connectivity index (χ2n) is 18.2. The topological polar surface area (TPSA) is 102 Å². The zero-order chi connectivity index (χ0) is 44.4. The summed E-state index contributed by atoms with van der Waals surface area (Å²) in [6, 6.07) is 24.0. The van der Waals surface area contributed by atoms with Gasteiger partial charge in [-0.25, -0.2) is 8.78 Å². The number of aliphatic hydroxyl groups is 1. The minimum atomic E-state index is -0.809. The van der Waals surface area contributed by atoms with Crippen molar-refractivity contribution in [3.63, 3.8) is 0 Å². The van der Waals surface area contributed by atoms with Gasteiger partial charge in [-0.3, -0.25) is 14.5 Å². The second-order valence-corrected chi connectivity index (χ2v) is 19.4. The molecule has 13 heteroatoms. The molecule has 5 heterocycles. The van der Waals surface area contributed by atoms with Gasteiger partial charge in [0.2, 0.25) is 0 Å². The number of aromatic nitrogens is 3. The summed E-state index contributed by atoms with van der Waals surface area (Å²) >= 11 is 1.77. The van der Waals surface area contributed by atoms with Crippen molar-refractivity contribution in [1.29, 1.82) is 0 Å². The van der Waals surface area contributed by atoms with Crippen LogP contribution in [-0.4, -0.2) is 94.1 Å². The number of ether oxygens (including phenoxy) is 1. The van der Waals surface area contributed by atoms with Gasteiger partial charge in [0.05, 0.1) is 24.1 Å². The van der Waals surface area contributed by atoms with Gasteiger partial charge >= 0.3 is 0 Å². The van der Waals surface area contributed by atoms with Crippen molar-refractivity contribution in [3.05, 3.63) is 146 Å².